The molecule has 0 spiro atoms. The summed E-state index contributed by atoms with van der Waals surface area (Å²) in [7, 11) is -4.27. The predicted octanol–water partition coefficient (Wildman–Crippen LogP) is 3.35. The molecule has 0 radical (unpaired) electrons. The van der Waals surface area contributed by atoms with Crippen LogP contribution in [0.15, 0.2) is 59.8 Å². The summed E-state index contributed by atoms with van der Waals surface area (Å²) in [6.45, 7) is 0. The van der Waals surface area contributed by atoms with E-state index in [4.69, 9.17) is 4.84 Å². The monoisotopic (exact) mass is 358 g/mol. The van der Waals surface area contributed by atoms with E-state index in [0.717, 1.165) is 0 Å². The lowest BCUT2D eigenvalue weighted by atomic mass is 10.0. The Morgan fingerprint density at radius 1 is 1.04 bits per heavy atom. The zero-order valence-corrected chi connectivity index (χ0v) is 13.2. The van der Waals surface area contributed by atoms with Crippen LogP contribution in [0.1, 0.15) is 11.1 Å². The maximum atomic E-state index is 12.6. The van der Waals surface area contributed by atoms with Crippen molar-refractivity contribution in [1.82, 2.24) is 0 Å². The molecule has 0 aliphatic rings. The molecule has 2 rings (SSSR count). The molecule has 128 valence electrons. The second-order valence-electron chi connectivity index (χ2n) is 4.59. The van der Waals surface area contributed by atoms with E-state index in [2.05, 4.69) is 5.16 Å². The Balaban J connectivity index is 2.54. The molecule has 24 heavy (non-hydrogen) atoms. The summed E-state index contributed by atoms with van der Waals surface area (Å²) in [6, 6.07) is 14.1. The third-order valence-corrected chi connectivity index (χ3v) is 4.06. The van der Waals surface area contributed by atoms with Gasteiger partial charge in [0.15, 0.2) is 0 Å². The molecule has 0 heterocycles. The fourth-order valence-corrected chi connectivity index (χ4v) is 2.51. The number of hydrogen-bond donors (Lipinski definition) is 1. The lowest BCUT2D eigenvalue weighted by Crippen LogP contribution is -2.30. The largest absolute Gasteiger partial charge is 0.516 e. The molecule has 9 heteroatoms. The van der Waals surface area contributed by atoms with Gasteiger partial charge < -0.3 is 4.84 Å². The molecule has 0 bridgehead atoms. The van der Waals surface area contributed by atoms with Crippen molar-refractivity contribution in [1.29, 1.82) is 0 Å². The number of sulfonamides is 1. The minimum Gasteiger partial charge on any atom is -0.399 e. The van der Waals surface area contributed by atoms with Gasteiger partial charge in [0.05, 0.1) is 5.69 Å². The minimum absolute atomic E-state index is 0.151. The average molecular weight is 358 g/mol. The third kappa shape index (κ3) is 3.85. The number of hydrogen-bond acceptors (Lipinski definition) is 4. The summed E-state index contributed by atoms with van der Waals surface area (Å²) in [5, 5.41) is 3.82. The van der Waals surface area contributed by atoms with Gasteiger partial charge in [-0.15, -0.1) is 0 Å². The maximum Gasteiger partial charge on any atom is 0.516 e. The Bertz CT molecular complexity index is 835. The van der Waals surface area contributed by atoms with Crippen LogP contribution < -0.4 is 4.72 Å². The lowest BCUT2D eigenvalue weighted by molar-refractivity contribution is -0.0429. The number of para-hydroxylation sites is 1. The Morgan fingerprint density at radius 3 is 2.21 bits per heavy atom. The predicted molar refractivity (Wildman–Crippen MR) is 84.1 cm³/mol. The highest BCUT2D eigenvalue weighted by molar-refractivity contribution is 7.93. The van der Waals surface area contributed by atoms with Crippen molar-refractivity contribution in [2.75, 3.05) is 11.8 Å². The molecule has 0 unspecified atom stereocenters. The van der Waals surface area contributed by atoms with Crippen molar-refractivity contribution >= 4 is 21.4 Å². The third-order valence-electron chi connectivity index (χ3n) is 2.96. The van der Waals surface area contributed by atoms with Crippen molar-refractivity contribution in [3.05, 3.63) is 65.7 Å². The zero-order valence-electron chi connectivity index (χ0n) is 12.4. The molecule has 5 nitrogen and oxygen atoms in total. The van der Waals surface area contributed by atoms with Gasteiger partial charge in [-0.25, -0.2) is 0 Å². The van der Waals surface area contributed by atoms with E-state index in [1.54, 1.807) is 41.1 Å². The lowest BCUT2D eigenvalue weighted by Gasteiger charge is -2.15. The number of alkyl halides is 3. The van der Waals surface area contributed by atoms with E-state index in [1.807, 2.05) is 0 Å². The Kier molecular flexibility index (Phi) is 5.13. The summed E-state index contributed by atoms with van der Waals surface area (Å²) in [6.07, 6.45) is 0. The Labute approximate surface area is 136 Å². The maximum absolute atomic E-state index is 12.6. The van der Waals surface area contributed by atoms with Gasteiger partial charge >= 0.3 is 15.5 Å². The first-order valence-corrected chi connectivity index (χ1v) is 8.09. The minimum atomic E-state index is -5.55. The SMILES string of the molecule is CON=C(c1ccccc1)c1ccccc1NS(=O)(=O)C(F)(F)F. The van der Waals surface area contributed by atoms with Gasteiger partial charge in [0, 0.05) is 11.1 Å². The summed E-state index contributed by atoms with van der Waals surface area (Å²) in [5.41, 5.74) is -4.78. The topological polar surface area (TPSA) is 67.8 Å². The van der Waals surface area contributed by atoms with Gasteiger partial charge in [0.25, 0.3) is 0 Å². The molecule has 0 aromatic heterocycles. The summed E-state index contributed by atoms with van der Waals surface area (Å²) in [4.78, 5) is 4.75. The molecule has 0 amide bonds. The number of halogens is 3. The van der Waals surface area contributed by atoms with E-state index < -0.39 is 15.5 Å². The molecule has 0 aliphatic heterocycles. The molecular formula is C15H13F3N2O3S. The molecule has 0 aliphatic carbocycles. The van der Waals surface area contributed by atoms with Crippen molar-refractivity contribution < 1.29 is 26.4 Å². The van der Waals surface area contributed by atoms with Gasteiger partial charge in [-0.1, -0.05) is 53.7 Å². The first-order valence-electron chi connectivity index (χ1n) is 6.61. The van der Waals surface area contributed by atoms with E-state index in [9.17, 15) is 21.6 Å². The van der Waals surface area contributed by atoms with E-state index in [-0.39, 0.29) is 17.0 Å². The van der Waals surface area contributed by atoms with Crippen LogP contribution in [0.5, 0.6) is 0 Å². The second kappa shape index (κ2) is 6.91. The molecule has 0 saturated carbocycles. The molecule has 0 fully saturated rings. The van der Waals surface area contributed by atoms with Crippen molar-refractivity contribution in [3.63, 3.8) is 0 Å². The number of nitrogens with one attached hydrogen (secondary N) is 1. The highest BCUT2D eigenvalue weighted by Crippen LogP contribution is 2.28. The number of nitrogens with zero attached hydrogens (tertiary/aromatic N) is 1. The first-order chi connectivity index (χ1) is 11.3. The van der Waals surface area contributed by atoms with Crippen LogP contribution in [0, 0.1) is 0 Å². The molecule has 2 aromatic carbocycles. The Hall–Kier alpha value is -2.55. The van der Waals surface area contributed by atoms with Gasteiger partial charge in [-0.05, 0) is 6.07 Å². The van der Waals surface area contributed by atoms with Crippen molar-refractivity contribution in [2.45, 2.75) is 5.51 Å². The van der Waals surface area contributed by atoms with Crippen LogP contribution in [0.3, 0.4) is 0 Å². The number of rotatable bonds is 5. The number of anilines is 1. The normalized spacial score (nSPS) is 12.8. The van der Waals surface area contributed by atoms with Gasteiger partial charge in [0.1, 0.15) is 12.8 Å². The van der Waals surface area contributed by atoms with Crippen LogP contribution in [-0.4, -0.2) is 26.7 Å². The standard InChI is InChI=1S/C15H13F3N2O3S/c1-23-19-14(11-7-3-2-4-8-11)12-9-5-6-10-13(12)20-24(21,22)15(16,17)18/h2-10,20H,1H3. The second-order valence-corrected chi connectivity index (χ2v) is 6.26. The van der Waals surface area contributed by atoms with Crippen LogP contribution in [-0.2, 0) is 14.9 Å². The number of oxime groups is 1. The van der Waals surface area contributed by atoms with Gasteiger partial charge in [0.2, 0.25) is 0 Å². The summed E-state index contributed by atoms with van der Waals surface area (Å²) < 4.78 is 62.2. The summed E-state index contributed by atoms with van der Waals surface area (Å²) >= 11 is 0. The molecular weight excluding hydrogens is 345 g/mol. The summed E-state index contributed by atoms with van der Waals surface area (Å²) in [5.74, 6) is 0. The van der Waals surface area contributed by atoms with Crippen LogP contribution in [0.2, 0.25) is 0 Å². The molecule has 1 N–H and O–H groups in total. The average Bonchev–Trinajstić information content (AvgIpc) is 2.53. The van der Waals surface area contributed by atoms with Gasteiger partial charge in [-0.2, -0.15) is 21.6 Å². The van der Waals surface area contributed by atoms with Crippen LogP contribution >= 0.6 is 0 Å². The zero-order chi connectivity index (χ0) is 17.8. The molecule has 0 saturated heterocycles. The number of benzene rings is 2. The highest BCUT2D eigenvalue weighted by Gasteiger charge is 2.46. The van der Waals surface area contributed by atoms with Crippen molar-refractivity contribution in [2.24, 2.45) is 5.16 Å². The fraction of sp³-hybridized carbons (Fsp3) is 0.133. The smallest absolute Gasteiger partial charge is 0.399 e. The molecule has 0 atom stereocenters. The van der Waals surface area contributed by atoms with Gasteiger partial charge in [-0.3, -0.25) is 4.72 Å². The quantitative estimate of drug-likeness (QED) is 0.658. The van der Waals surface area contributed by atoms with E-state index >= 15 is 0 Å². The van der Waals surface area contributed by atoms with E-state index in [0.29, 0.717) is 5.56 Å². The molecule has 2 aromatic rings. The van der Waals surface area contributed by atoms with Crippen LogP contribution in [0.25, 0.3) is 0 Å². The van der Waals surface area contributed by atoms with E-state index in [1.165, 1.54) is 25.3 Å². The fourth-order valence-electron chi connectivity index (χ4n) is 1.93. The highest BCUT2D eigenvalue weighted by atomic mass is 32.2. The Morgan fingerprint density at radius 2 is 1.62 bits per heavy atom. The first kappa shape index (κ1) is 17.8. The van der Waals surface area contributed by atoms with Crippen LogP contribution in [0.4, 0.5) is 18.9 Å². The van der Waals surface area contributed by atoms with Crippen molar-refractivity contribution in [3.8, 4) is 0 Å².